The molecule has 0 spiro atoms. The Labute approximate surface area is 108 Å². The molecule has 0 saturated heterocycles. The van der Waals surface area contributed by atoms with Gasteiger partial charge in [-0.25, -0.2) is 4.39 Å². The summed E-state index contributed by atoms with van der Waals surface area (Å²) in [4.78, 5) is 2.17. The molecule has 2 rings (SSSR count). The molecular formula is C15H22FNO. The zero-order valence-corrected chi connectivity index (χ0v) is 11.6. The van der Waals surface area contributed by atoms with Gasteiger partial charge in [0.1, 0.15) is 5.82 Å². The fraction of sp³-hybridized carbons (Fsp3) is 0.600. The van der Waals surface area contributed by atoms with Crippen LogP contribution in [0, 0.1) is 18.7 Å². The number of anilines is 1. The highest BCUT2D eigenvalue weighted by Crippen LogP contribution is 2.38. The SMILES string of the molecule is Cc1cc(N(C)C(C)C2CC2)c(C(C)O)cc1F. The van der Waals surface area contributed by atoms with E-state index in [0.29, 0.717) is 17.2 Å². The second-order valence-corrected chi connectivity index (χ2v) is 5.53. The molecule has 1 aliphatic rings. The minimum Gasteiger partial charge on any atom is -0.389 e. The number of nitrogens with zero attached hydrogens (tertiary/aromatic N) is 1. The van der Waals surface area contributed by atoms with Crippen molar-refractivity contribution in [3.05, 3.63) is 29.1 Å². The van der Waals surface area contributed by atoms with E-state index in [1.807, 2.05) is 13.1 Å². The van der Waals surface area contributed by atoms with E-state index in [1.54, 1.807) is 13.8 Å². The van der Waals surface area contributed by atoms with Gasteiger partial charge >= 0.3 is 0 Å². The van der Waals surface area contributed by atoms with E-state index in [9.17, 15) is 9.50 Å². The van der Waals surface area contributed by atoms with Crippen molar-refractivity contribution in [3.8, 4) is 0 Å². The van der Waals surface area contributed by atoms with Gasteiger partial charge in [-0.15, -0.1) is 0 Å². The molecule has 3 heteroatoms. The van der Waals surface area contributed by atoms with Crippen molar-refractivity contribution in [3.63, 3.8) is 0 Å². The number of aryl methyl sites for hydroxylation is 1. The van der Waals surface area contributed by atoms with E-state index in [1.165, 1.54) is 18.9 Å². The summed E-state index contributed by atoms with van der Waals surface area (Å²) < 4.78 is 13.6. The van der Waals surface area contributed by atoms with Gasteiger partial charge in [0.15, 0.2) is 0 Å². The highest BCUT2D eigenvalue weighted by molar-refractivity contribution is 5.57. The molecule has 2 nitrogen and oxygen atoms in total. The van der Waals surface area contributed by atoms with Crippen molar-refractivity contribution in [2.24, 2.45) is 5.92 Å². The van der Waals surface area contributed by atoms with Crippen molar-refractivity contribution in [2.75, 3.05) is 11.9 Å². The Kier molecular flexibility index (Phi) is 3.62. The second-order valence-electron chi connectivity index (χ2n) is 5.53. The average Bonchev–Trinajstić information content (AvgIpc) is 3.14. The number of aliphatic hydroxyl groups excluding tert-OH is 1. The van der Waals surface area contributed by atoms with Gasteiger partial charge in [-0.2, -0.15) is 0 Å². The number of aliphatic hydroxyl groups is 1. The molecule has 1 aromatic rings. The van der Waals surface area contributed by atoms with Gasteiger partial charge in [0.2, 0.25) is 0 Å². The third-order valence-electron chi connectivity index (χ3n) is 4.05. The minimum absolute atomic E-state index is 0.248. The Morgan fingerprint density at radius 1 is 1.33 bits per heavy atom. The van der Waals surface area contributed by atoms with E-state index in [2.05, 4.69) is 11.8 Å². The van der Waals surface area contributed by atoms with Crippen LogP contribution in [0.5, 0.6) is 0 Å². The molecule has 1 N–H and O–H groups in total. The van der Waals surface area contributed by atoms with Crippen LogP contribution in [0.1, 0.15) is 43.9 Å². The zero-order valence-electron chi connectivity index (χ0n) is 11.6. The van der Waals surface area contributed by atoms with Crippen LogP contribution in [0.4, 0.5) is 10.1 Å². The van der Waals surface area contributed by atoms with Crippen LogP contribution in [0.15, 0.2) is 12.1 Å². The van der Waals surface area contributed by atoms with Crippen LogP contribution >= 0.6 is 0 Å². The van der Waals surface area contributed by atoms with Gasteiger partial charge in [-0.05, 0) is 57.2 Å². The normalized spacial score (nSPS) is 18.6. The first-order valence-corrected chi connectivity index (χ1v) is 6.62. The van der Waals surface area contributed by atoms with Crippen LogP contribution in [-0.4, -0.2) is 18.2 Å². The molecule has 0 amide bonds. The van der Waals surface area contributed by atoms with E-state index in [0.717, 1.165) is 11.6 Å². The number of hydrogen-bond acceptors (Lipinski definition) is 2. The first-order valence-electron chi connectivity index (χ1n) is 6.62. The second kappa shape index (κ2) is 4.88. The number of rotatable bonds is 4. The number of halogens is 1. The summed E-state index contributed by atoms with van der Waals surface area (Å²) in [7, 11) is 2.03. The smallest absolute Gasteiger partial charge is 0.126 e. The monoisotopic (exact) mass is 251 g/mol. The fourth-order valence-corrected chi connectivity index (χ4v) is 2.44. The summed E-state index contributed by atoms with van der Waals surface area (Å²) in [5.41, 5.74) is 2.25. The summed E-state index contributed by atoms with van der Waals surface area (Å²) in [6, 6.07) is 3.74. The molecule has 1 aliphatic carbocycles. The summed E-state index contributed by atoms with van der Waals surface area (Å²) in [6.45, 7) is 5.64. The van der Waals surface area contributed by atoms with Crippen LogP contribution in [0.2, 0.25) is 0 Å². The summed E-state index contributed by atoms with van der Waals surface area (Å²) in [5.74, 6) is 0.490. The highest BCUT2D eigenvalue weighted by Gasteiger charge is 2.31. The molecule has 0 bridgehead atoms. The first-order chi connectivity index (χ1) is 8.41. The molecule has 1 fully saturated rings. The molecule has 18 heavy (non-hydrogen) atoms. The lowest BCUT2D eigenvalue weighted by molar-refractivity contribution is 0.199. The Balaban J connectivity index is 2.37. The molecular weight excluding hydrogens is 229 g/mol. The molecule has 0 aliphatic heterocycles. The molecule has 1 aromatic carbocycles. The molecule has 0 aromatic heterocycles. The Bertz CT molecular complexity index is 440. The third kappa shape index (κ3) is 2.51. The Morgan fingerprint density at radius 3 is 2.44 bits per heavy atom. The minimum atomic E-state index is -0.649. The average molecular weight is 251 g/mol. The van der Waals surface area contributed by atoms with Gasteiger partial charge in [-0.1, -0.05) is 0 Å². The van der Waals surface area contributed by atoms with Crippen molar-refractivity contribution < 1.29 is 9.50 Å². The van der Waals surface area contributed by atoms with Crippen molar-refractivity contribution in [1.29, 1.82) is 0 Å². The molecule has 100 valence electrons. The number of hydrogen-bond donors (Lipinski definition) is 1. The lowest BCUT2D eigenvalue weighted by atomic mass is 10.0. The summed E-state index contributed by atoms with van der Waals surface area (Å²) in [5, 5.41) is 9.81. The topological polar surface area (TPSA) is 23.5 Å². The summed E-state index contributed by atoms with van der Waals surface area (Å²) in [6.07, 6.45) is 1.90. The Hall–Kier alpha value is -1.09. The van der Waals surface area contributed by atoms with E-state index in [-0.39, 0.29) is 5.82 Å². The van der Waals surface area contributed by atoms with Gasteiger partial charge in [0, 0.05) is 24.3 Å². The van der Waals surface area contributed by atoms with E-state index in [4.69, 9.17) is 0 Å². The van der Waals surface area contributed by atoms with Crippen molar-refractivity contribution in [1.82, 2.24) is 0 Å². The maximum Gasteiger partial charge on any atom is 0.126 e. The highest BCUT2D eigenvalue weighted by atomic mass is 19.1. The van der Waals surface area contributed by atoms with Crippen LogP contribution in [0.3, 0.4) is 0 Å². The third-order valence-corrected chi connectivity index (χ3v) is 4.05. The zero-order chi connectivity index (χ0) is 13.4. The summed E-state index contributed by atoms with van der Waals surface area (Å²) >= 11 is 0. The van der Waals surface area contributed by atoms with Crippen molar-refractivity contribution in [2.45, 2.75) is 45.8 Å². The van der Waals surface area contributed by atoms with Gasteiger partial charge < -0.3 is 10.0 Å². The van der Waals surface area contributed by atoms with Crippen LogP contribution in [0.25, 0.3) is 0 Å². The van der Waals surface area contributed by atoms with E-state index < -0.39 is 6.10 Å². The van der Waals surface area contributed by atoms with Crippen molar-refractivity contribution >= 4 is 5.69 Å². The molecule has 0 radical (unpaired) electrons. The van der Waals surface area contributed by atoms with Gasteiger partial charge in [0.25, 0.3) is 0 Å². The van der Waals surface area contributed by atoms with Gasteiger partial charge in [0.05, 0.1) is 6.10 Å². The van der Waals surface area contributed by atoms with Crippen LogP contribution < -0.4 is 4.90 Å². The molecule has 0 heterocycles. The lowest BCUT2D eigenvalue weighted by Crippen LogP contribution is -2.31. The fourth-order valence-electron chi connectivity index (χ4n) is 2.44. The molecule has 1 saturated carbocycles. The first kappa shape index (κ1) is 13.3. The Morgan fingerprint density at radius 2 is 1.94 bits per heavy atom. The standard InChI is InChI=1S/C15H22FNO/c1-9-7-15(13(11(3)18)8-14(9)16)17(4)10(2)12-5-6-12/h7-8,10-12,18H,5-6H2,1-4H3. The molecule has 2 unspecified atom stereocenters. The predicted molar refractivity (Wildman–Crippen MR) is 72.4 cm³/mol. The number of benzene rings is 1. The lowest BCUT2D eigenvalue weighted by Gasteiger charge is -2.30. The predicted octanol–water partition coefficient (Wildman–Crippen LogP) is 3.42. The van der Waals surface area contributed by atoms with E-state index >= 15 is 0 Å². The molecule has 2 atom stereocenters. The quantitative estimate of drug-likeness (QED) is 0.886. The maximum atomic E-state index is 13.6. The van der Waals surface area contributed by atoms with Gasteiger partial charge in [-0.3, -0.25) is 0 Å². The maximum absolute atomic E-state index is 13.6. The van der Waals surface area contributed by atoms with Crippen LogP contribution in [-0.2, 0) is 0 Å². The largest absolute Gasteiger partial charge is 0.389 e.